The number of hydrogen-bond donors (Lipinski definition) is 1. The van der Waals surface area contributed by atoms with Crippen LogP contribution in [0.4, 0.5) is 0 Å². The van der Waals surface area contributed by atoms with Gasteiger partial charge in [-0.2, -0.15) is 11.8 Å². The highest BCUT2D eigenvalue weighted by Gasteiger charge is 1.92. The van der Waals surface area contributed by atoms with Crippen molar-refractivity contribution in [3.63, 3.8) is 0 Å². The minimum Gasteiger partial charge on any atom is -0.484 e. The van der Waals surface area contributed by atoms with Crippen LogP contribution >= 0.6 is 11.8 Å². The Bertz CT molecular complexity index is 85.1. The lowest BCUT2D eigenvalue weighted by molar-refractivity contribution is 0.397. The Morgan fingerprint density at radius 2 is 2.33 bits per heavy atom. The molecule has 0 heterocycles. The fraction of sp³-hybridized carbons (Fsp3) is 0.833. The van der Waals surface area contributed by atoms with E-state index in [2.05, 4.69) is 11.7 Å². The summed E-state index contributed by atoms with van der Waals surface area (Å²) in [5.41, 5.74) is 0. The van der Waals surface area contributed by atoms with Crippen molar-refractivity contribution in [3.8, 4) is 0 Å². The number of hydrogen-bond acceptors (Lipinski definition) is 3. The minimum absolute atomic E-state index is 0.369. The molecule has 1 N–H and O–H groups in total. The molecule has 0 aromatic carbocycles. The molecule has 0 aliphatic carbocycles. The fourth-order valence-electron chi connectivity index (χ4n) is 0.368. The van der Waals surface area contributed by atoms with E-state index in [1.807, 2.05) is 0 Å². The Hall–Kier alpha value is -0.180. The van der Waals surface area contributed by atoms with Crippen LogP contribution in [0.5, 0.6) is 0 Å². The second kappa shape index (κ2) is 5.95. The quantitative estimate of drug-likeness (QED) is 0.373. The molecule has 0 spiro atoms. The van der Waals surface area contributed by atoms with Gasteiger partial charge in [0.15, 0.2) is 5.90 Å². The Balaban J connectivity index is 2.97. The molecule has 0 saturated heterocycles. The van der Waals surface area contributed by atoms with Crippen molar-refractivity contribution in [1.29, 1.82) is 5.41 Å². The van der Waals surface area contributed by atoms with Gasteiger partial charge in [-0.25, -0.2) is 0 Å². The van der Waals surface area contributed by atoms with E-state index in [-0.39, 0.29) is 0 Å². The van der Waals surface area contributed by atoms with Gasteiger partial charge in [-0.05, 0) is 12.2 Å². The van der Waals surface area contributed by atoms with E-state index >= 15 is 0 Å². The zero-order chi connectivity index (χ0) is 7.11. The summed E-state index contributed by atoms with van der Waals surface area (Å²) in [6.07, 6.45) is 1.17. The van der Waals surface area contributed by atoms with Crippen molar-refractivity contribution < 1.29 is 4.74 Å². The summed E-state index contributed by atoms with van der Waals surface area (Å²) in [6.45, 7) is 2.13. The van der Waals surface area contributed by atoms with Crippen LogP contribution in [-0.4, -0.2) is 24.5 Å². The van der Waals surface area contributed by atoms with Gasteiger partial charge >= 0.3 is 0 Å². The molecule has 0 amide bonds. The second-order valence-corrected chi connectivity index (χ2v) is 2.79. The van der Waals surface area contributed by atoms with E-state index in [1.165, 1.54) is 13.5 Å². The second-order valence-electron chi connectivity index (χ2n) is 1.68. The van der Waals surface area contributed by atoms with Crippen LogP contribution in [0.15, 0.2) is 0 Å². The van der Waals surface area contributed by atoms with Crippen LogP contribution in [0.1, 0.15) is 13.3 Å². The highest BCUT2D eigenvalue weighted by atomic mass is 32.2. The predicted molar refractivity (Wildman–Crippen MR) is 42.4 cm³/mol. The SMILES string of the molecule is CCCSCC(=N)OC. The van der Waals surface area contributed by atoms with Gasteiger partial charge < -0.3 is 4.74 Å². The van der Waals surface area contributed by atoms with E-state index in [9.17, 15) is 0 Å². The van der Waals surface area contributed by atoms with Gasteiger partial charge in [0.1, 0.15) is 0 Å². The highest BCUT2D eigenvalue weighted by Crippen LogP contribution is 2.01. The first-order valence-electron chi connectivity index (χ1n) is 3.00. The molecule has 0 fully saturated rings. The molecule has 0 bridgehead atoms. The summed E-state index contributed by atoms with van der Waals surface area (Å²) in [5, 5.41) is 7.07. The summed E-state index contributed by atoms with van der Waals surface area (Å²) < 4.78 is 4.66. The van der Waals surface area contributed by atoms with Crippen LogP contribution in [0, 0.1) is 5.41 Å². The zero-order valence-corrected chi connectivity index (χ0v) is 6.75. The Morgan fingerprint density at radius 3 is 2.78 bits per heavy atom. The van der Waals surface area contributed by atoms with Gasteiger partial charge in [0.2, 0.25) is 0 Å². The molecule has 0 unspecified atom stereocenters. The van der Waals surface area contributed by atoms with Crippen LogP contribution in [0.2, 0.25) is 0 Å². The topological polar surface area (TPSA) is 33.1 Å². The van der Waals surface area contributed by atoms with Gasteiger partial charge in [0.25, 0.3) is 0 Å². The van der Waals surface area contributed by atoms with Crippen LogP contribution in [0.3, 0.4) is 0 Å². The Morgan fingerprint density at radius 1 is 1.67 bits per heavy atom. The third-order valence-corrected chi connectivity index (χ3v) is 1.99. The summed E-state index contributed by atoms with van der Waals surface area (Å²) in [6, 6.07) is 0. The molecule has 54 valence electrons. The van der Waals surface area contributed by atoms with Crippen molar-refractivity contribution >= 4 is 17.7 Å². The summed E-state index contributed by atoms with van der Waals surface area (Å²) in [4.78, 5) is 0. The fourth-order valence-corrected chi connectivity index (χ4v) is 1.10. The van der Waals surface area contributed by atoms with E-state index in [0.717, 1.165) is 5.75 Å². The molecular formula is C6H13NOS. The lowest BCUT2D eigenvalue weighted by atomic mass is 10.6. The highest BCUT2D eigenvalue weighted by molar-refractivity contribution is 7.99. The van der Waals surface area contributed by atoms with Crippen molar-refractivity contribution in [3.05, 3.63) is 0 Å². The molecule has 9 heavy (non-hydrogen) atoms. The largest absolute Gasteiger partial charge is 0.484 e. The van der Waals surface area contributed by atoms with Gasteiger partial charge in [-0.1, -0.05) is 6.92 Å². The lowest BCUT2D eigenvalue weighted by Gasteiger charge is -1.99. The maximum Gasteiger partial charge on any atom is 0.190 e. The smallest absolute Gasteiger partial charge is 0.190 e. The normalized spacial score (nSPS) is 9.11. The molecule has 0 aliphatic heterocycles. The molecule has 0 atom stereocenters. The van der Waals surface area contributed by atoms with E-state index in [4.69, 9.17) is 5.41 Å². The summed E-state index contributed by atoms with van der Waals surface area (Å²) in [7, 11) is 1.54. The van der Waals surface area contributed by atoms with Crippen LogP contribution < -0.4 is 0 Å². The maximum absolute atomic E-state index is 7.07. The molecule has 0 aromatic heterocycles. The molecule has 2 nitrogen and oxygen atoms in total. The maximum atomic E-state index is 7.07. The Kier molecular flexibility index (Phi) is 5.83. The summed E-state index contributed by atoms with van der Waals surface area (Å²) in [5.74, 6) is 2.20. The van der Waals surface area contributed by atoms with E-state index in [0.29, 0.717) is 11.7 Å². The summed E-state index contributed by atoms with van der Waals surface area (Å²) >= 11 is 1.74. The third kappa shape index (κ3) is 5.69. The molecule has 0 saturated carbocycles. The first-order valence-corrected chi connectivity index (χ1v) is 4.16. The van der Waals surface area contributed by atoms with Gasteiger partial charge in [0, 0.05) is 0 Å². The number of thioether (sulfide) groups is 1. The monoisotopic (exact) mass is 147 g/mol. The first-order chi connectivity index (χ1) is 4.31. The standard InChI is InChI=1S/C6H13NOS/c1-3-4-9-5-6(7)8-2/h7H,3-5H2,1-2H3. The number of ether oxygens (including phenoxy) is 1. The average Bonchev–Trinajstić information content (AvgIpc) is 1.89. The number of nitrogens with one attached hydrogen (secondary N) is 1. The molecule has 3 heteroatoms. The van der Waals surface area contributed by atoms with Gasteiger partial charge in [0.05, 0.1) is 12.9 Å². The zero-order valence-electron chi connectivity index (χ0n) is 5.94. The van der Waals surface area contributed by atoms with Crippen molar-refractivity contribution in [2.24, 2.45) is 0 Å². The van der Waals surface area contributed by atoms with Gasteiger partial charge in [-0.3, -0.25) is 5.41 Å². The van der Waals surface area contributed by atoms with Crippen molar-refractivity contribution in [1.82, 2.24) is 0 Å². The molecule has 0 radical (unpaired) electrons. The van der Waals surface area contributed by atoms with E-state index < -0.39 is 0 Å². The molecule has 0 rings (SSSR count). The number of rotatable bonds is 4. The minimum atomic E-state index is 0.369. The van der Waals surface area contributed by atoms with E-state index in [1.54, 1.807) is 11.8 Å². The van der Waals surface area contributed by atoms with Gasteiger partial charge in [-0.15, -0.1) is 0 Å². The molecule has 0 aromatic rings. The van der Waals surface area contributed by atoms with Crippen molar-refractivity contribution in [2.75, 3.05) is 18.6 Å². The molecule has 0 aliphatic rings. The predicted octanol–water partition coefficient (Wildman–Crippen LogP) is 1.75. The third-order valence-electron chi connectivity index (χ3n) is 0.828. The number of methoxy groups -OCH3 is 1. The Labute approximate surface area is 60.5 Å². The lowest BCUT2D eigenvalue weighted by Crippen LogP contribution is -2.02. The van der Waals surface area contributed by atoms with Crippen LogP contribution in [-0.2, 0) is 4.74 Å². The first kappa shape index (κ1) is 8.82. The molecular weight excluding hydrogens is 134 g/mol. The average molecular weight is 147 g/mol. The van der Waals surface area contributed by atoms with Crippen molar-refractivity contribution in [2.45, 2.75) is 13.3 Å². The van der Waals surface area contributed by atoms with Crippen LogP contribution in [0.25, 0.3) is 0 Å².